The van der Waals surface area contributed by atoms with Crippen LogP contribution in [0.4, 0.5) is 11.4 Å². The van der Waals surface area contributed by atoms with E-state index >= 15 is 0 Å². The molecule has 4 rings (SSSR count). The van der Waals surface area contributed by atoms with Crippen LogP contribution < -0.4 is 14.4 Å². The Morgan fingerprint density at radius 1 is 1.06 bits per heavy atom. The summed E-state index contributed by atoms with van der Waals surface area (Å²) in [6.07, 6.45) is 1.76. The van der Waals surface area contributed by atoms with Crippen molar-refractivity contribution >= 4 is 51.7 Å². The second kappa shape index (κ2) is 9.85. The number of hydrogen-bond acceptors (Lipinski definition) is 7. The molecule has 0 atom stereocenters. The number of nitrogens with zero attached hydrogens (tertiary/aromatic N) is 2. The Morgan fingerprint density at radius 2 is 1.79 bits per heavy atom. The Kier molecular flexibility index (Phi) is 6.71. The van der Waals surface area contributed by atoms with Crippen molar-refractivity contribution in [2.75, 3.05) is 12.0 Å². The highest BCUT2D eigenvalue weighted by atomic mass is 32.2. The smallest absolute Gasteiger partial charge is 0.270 e. The Hall–Kier alpha value is -3.69. The van der Waals surface area contributed by atoms with Gasteiger partial charge < -0.3 is 9.47 Å². The maximum Gasteiger partial charge on any atom is 0.270 e. The minimum Gasteiger partial charge on any atom is -0.493 e. The molecule has 0 aliphatic carbocycles. The van der Waals surface area contributed by atoms with Gasteiger partial charge in [0, 0.05) is 12.1 Å². The summed E-state index contributed by atoms with van der Waals surface area (Å²) in [5.41, 5.74) is 2.27. The second-order valence-electron chi connectivity index (χ2n) is 6.98. The lowest BCUT2D eigenvalue weighted by molar-refractivity contribution is -0.384. The van der Waals surface area contributed by atoms with Crippen LogP contribution in [0.1, 0.15) is 11.1 Å². The monoisotopic (exact) mass is 478 g/mol. The molecule has 0 unspecified atom stereocenters. The van der Waals surface area contributed by atoms with Gasteiger partial charge in [0.05, 0.1) is 22.6 Å². The molecule has 166 valence electrons. The maximum atomic E-state index is 13.0. The Balaban J connectivity index is 1.54. The van der Waals surface area contributed by atoms with Gasteiger partial charge >= 0.3 is 0 Å². The number of amides is 1. The number of benzene rings is 3. The molecular formula is C24H18N2O5S2. The van der Waals surface area contributed by atoms with Gasteiger partial charge in [-0.15, -0.1) is 0 Å². The fourth-order valence-electron chi connectivity index (χ4n) is 3.19. The highest BCUT2D eigenvalue weighted by Crippen LogP contribution is 2.37. The van der Waals surface area contributed by atoms with E-state index < -0.39 is 4.92 Å². The zero-order valence-corrected chi connectivity index (χ0v) is 19.1. The molecule has 1 aliphatic rings. The molecule has 0 spiro atoms. The van der Waals surface area contributed by atoms with Gasteiger partial charge in [-0.05, 0) is 53.6 Å². The van der Waals surface area contributed by atoms with Gasteiger partial charge in [-0.1, -0.05) is 48.2 Å². The summed E-state index contributed by atoms with van der Waals surface area (Å²) in [6, 6.07) is 20.8. The molecule has 1 heterocycles. The van der Waals surface area contributed by atoms with Crippen LogP contribution in [0, 0.1) is 10.1 Å². The third kappa shape index (κ3) is 5.05. The summed E-state index contributed by atoms with van der Waals surface area (Å²) in [5, 5.41) is 10.8. The molecule has 0 N–H and O–H groups in total. The summed E-state index contributed by atoms with van der Waals surface area (Å²) >= 11 is 6.66. The minimum atomic E-state index is -0.447. The number of methoxy groups -OCH3 is 1. The van der Waals surface area contributed by atoms with E-state index in [9.17, 15) is 14.9 Å². The molecule has 0 bridgehead atoms. The first-order valence-corrected chi connectivity index (χ1v) is 11.1. The van der Waals surface area contributed by atoms with E-state index in [4.69, 9.17) is 21.7 Å². The lowest BCUT2D eigenvalue weighted by Gasteiger charge is -2.14. The van der Waals surface area contributed by atoms with Gasteiger partial charge in [0.1, 0.15) is 6.61 Å². The quantitative estimate of drug-likeness (QED) is 0.190. The number of hydrogen-bond donors (Lipinski definition) is 0. The van der Waals surface area contributed by atoms with E-state index in [0.717, 1.165) is 16.8 Å². The molecule has 3 aromatic carbocycles. The van der Waals surface area contributed by atoms with Gasteiger partial charge in [-0.2, -0.15) is 0 Å². The summed E-state index contributed by atoms with van der Waals surface area (Å²) in [7, 11) is 1.54. The highest BCUT2D eigenvalue weighted by molar-refractivity contribution is 8.27. The number of para-hydroxylation sites is 1. The van der Waals surface area contributed by atoms with Gasteiger partial charge in [0.2, 0.25) is 0 Å². The Morgan fingerprint density at radius 3 is 2.45 bits per heavy atom. The SMILES string of the molecule is COc1ccc(/C=C2\SC(=S)N(c3ccccc3)C2=O)cc1OCc1ccc([N+](=O)[O-])cc1. The van der Waals surface area contributed by atoms with Gasteiger partial charge in [0.15, 0.2) is 15.8 Å². The van der Waals surface area contributed by atoms with Crippen molar-refractivity contribution in [1.82, 2.24) is 0 Å². The second-order valence-corrected chi connectivity index (χ2v) is 8.65. The van der Waals surface area contributed by atoms with Crippen LogP contribution in [-0.4, -0.2) is 22.3 Å². The average Bonchev–Trinajstić information content (AvgIpc) is 3.11. The summed E-state index contributed by atoms with van der Waals surface area (Å²) in [5.74, 6) is 0.842. The van der Waals surface area contributed by atoms with Gasteiger partial charge in [-0.3, -0.25) is 19.8 Å². The molecule has 1 aliphatic heterocycles. The normalized spacial score (nSPS) is 14.6. The zero-order chi connectivity index (χ0) is 23.4. The minimum absolute atomic E-state index is 0.0196. The van der Waals surface area contributed by atoms with E-state index in [1.807, 2.05) is 36.4 Å². The van der Waals surface area contributed by atoms with E-state index in [1.165, 1.54) is 28.8 Å². The Bertz CT molecular complexity index is 1240. The van der Waals surface area contributed by atoms with E-state index in [2.05, 4.69) is 0 Å². The number of anilines is 1. The van der Waals surface area contributed by atoms with Crippen molar-refractivity contribution in [2.24, 2.45) is 0 Å². The highest BCUT2D eigenvalue weighted by Gasteiger charge is 2.33. The van der Waals surface area contributed by atoms with Crippen LogP contribution >= 0.6 is 24.0 Å². The third-order valence-corrected chi connectivity index (χ3v) is 6.14. The lowest BCUT2D eigenvalue weighted by Crippen LogP contribution is -2.27. The van der Waals surface area contributed by atoms with Crippen molar-refractivity contribution in [2.45, 2.75) is 6.61 Å². The molecule has 33 heavy (non-hydrogen) atoms. The predicted molar refractivity (Wildman–Crippen MR) is 133 cm³/mol. The number of carbonyl (C=O) groups excluding carboxylic acids is 1. The number of non-ortho nitro benzene ring substituents is 1. The van der Waals surface area contributed by atoms with Crippen molar-refractivity contribution in [3.8, 4) is 11.5 Å². The molecular weight excluding hydrogens is 460 g/mol. The van der Waals surface area contributed by atoms with Gasteiger partial charge in [0.25, 0.3) is 11.6 Å². The summed E-state index contributed by atoms with van der Waals surface area (Å²) in [4.78, 5) is 25.4. The van der Waals surface area contributed by atoms with Crippen LogP contribution in [0.15, 0.2) is 77.7 Å². The predicted octanol–water partition coefficient (Wildman–Crippen LogP) is 5.59. The number of thioether (sulfide) groups is 1. The molecule has 7 nitrogen and oxygen atoms in total. The first-order chi connectivity index (χ1) is 16.0. The first kappa shape index (κ1) is 22.5. The Labute approximate surface area is 199 Å². The number of thiocarbonyl (C=S) groups is 1. The number of rotatable bonds is 7. The van der Waals surface area contributed by atoms with Crippen LogP contribution in [0.25, 0.3) is 6.08 Å². The van der Waals surface area contributed by atoms with Crippen LogP contribution in [0.3, 0.4) is 0 Å². The van der Waals surface area contributed by atoms with Crippen LogP contribution in [-0.2, 0) is 11.4 Å². The summed E-state index contributed by atoms with van der Waals surface area (Å²) in [6.45, 7) is 0.202. The van der Waals surface area contributed by atoms with E-state index in [0.29, 0.717) is 20.7 Å². The first-order valence-electron chi connectivity index (χ1n) is 9.83. The van der Waals surface area contributed by atoms with Crippen molar-refractivity contribution in [1.29, 1.82) is 0 Å². The molecule has 1 amide bonds. The topological polar surface area (TPSA) is 81.9 Å². The number of ether oxygens (including phenoxy) is 2. The van der Waals surface area contributed by atoms with Crippen LogP contribution in [0.2, 0.25) is 0 Å². The summed E-state index contributed by atoms with van der Waals surface area (Å²) < 4.78 is 11.8. The molecule has 0 saturated carbocycles. The number of nitro benzene ring substituents is 1. The van der Waals surface area contributed by atoms with E-state index in [-0.39, 0.29) is 18.2 Å². The largest absolute Gasteiger partial charge is 0.493 e. The lowest BCUT2D eigenvalue weighted by atomic mass is 10.1. The van der Waals surface area contributed by atoms with Gasteiger partial charge in [-0.25, -0.2) is 0 Å². The number of nitro groups is 1. The van der Waals surface area contributed by atoms with Crippen molar-refractivity contribution in [3.63, 3.8) is 0 Å². The fourth-order valence-corrected chi connectivity index (χ4v) is 4.49. The fraction of sp³-hybridized carbons (Fsp3) is 0.0833. The zero-order valence-electron chi connectivity index (χ0n) is 17.5. The van der Waals surface area contributed by atoms with E-state index in [1.54, 1.807) is 37.5 Å². The molecule has 0 aromatic heterocycles. The standard InChI is InChI=1S/C24H18N2O5S2/c1-30-20-12-9-17(13-21(20)31-15-16-7-10-19(11-8-16)26(28)29)14-22-23(27)25(24(32)33-22)18-5-3-2-4-6-18/h2-14H,15H2,1H3/b22-14-. The van der Waals surface area contributed by atoms with Crippen molar-refractivity contribution < 1.29 is 19.2 Å². The molecule has 1 saturated heterocycles. The molecule has 9 heteroatoms. The molecule has 1 fully saturated rings. The number of carbonyl (C=O) groups is 1. The third-order valence-electron chi connectivity index (χ3n) is 4.84. The van der Waals surface area contributed by atoms with Crippen LogP contribution in [0.5, 0.6) is 11.5 Å². The molecule has 0 radical (unpaired) electrons. The maximum absolute atomic E-state index is 13.0. The molecule has 3 aromatic rings. The van der Waals surface area contributed by atoms with Crippen molar-refractivity contribution in [3.05, 3.63) is 98.9 Å². The average molecular weight is 479 g/mol.